The third kappa shape index (κ3) is 5.11. The molecule has 0 bridgehead atoms. The minimum absolute atomic E-state index is 0.0951. The van der Waals surface area contributed by atoms with Crippen LogP contribution in [0.15, 0.2) is 24.3 Å². The van der Waals surface area contributed by atoms with Crippen LogP contribution in [0.5, 0.6) is 0 Å². The third-order valence-corrected chi connectivity index (χ3v) is 5.77. The van der Waals surface area contributed by atoms with Gasteiger partial charge in [-0.2, -0.15) is 0 Å². The van der Waals surface area contributed by atoms with Crippen molar-refractivity contribution >= 4 is 28.3 Å². The van der Waals surface area contributed by atoms with Gasteiger partial charge >= 0.3 is 0 Å². The molecule has 1 aromatic carbocycles. The van der Waals surface area contributed by atoms with Crippen LogP contribution in [0.3, 0.4) is 0 Å². The van der Waals surface area contributed by atoms with Gasteiger partial charge in [0.1, 0.15) is 5.25 Å². The molecule has 1 N–H and O–H groups in total. The lowest BCUT2D eigenvalue weighted by molar-refractivity contribution is -0.121. The Morgan fingerprint density at radius 1 is 1.38 bits per heavy atom. The largest absolute Gasteiger partial charge is 0.352 e. The number of halogens is 1. The third-order valence-electron chi connectivity index (χ3n) is 3.91. The molecule has 5 heteroatoms. The summed E-state index contributed by atoms with van der Waals surface area (Å²) in [7, 11) is -1.23. The van der Waals surface area contributed by atoms with E-state index in [0.717, 1.165) is 18.4 Å². The van der Waals surface area contributed by atoms with E-state index in [-0.39, 0.29) is 11.9 Å². The number of carbonyl (C=O) groups is 1. The van der Waals surface area contributed by atoms with Gasteiger partial charge < -0.3 is 5.32 Å². The standard InChI is InChI=1S/C16H22ClNO2S/c1-12(16(19)18-15-8-3-2-4-9-15)21(20)11-13-6-5-7-14(17)10-13/h5-7,10,12,15H,2-4,8-9,11H2,1H3,(H,18,19)/t12-,21-/m1/s1. The number of hydrogen-bond donors (Lipinski definition) is 1. The van der Waals surface area contributed by atoms with Crippen LogP contribution < -0.4 is 5.32 Å². The van der Waals surface area contributed by atoms with Crippen molar-refractivity contribution in [3.8, 4) is 0 Å². The summed E-state index contributed by atoms with van der Waals surface area (Å²) in [5.41, 5.74) is 0.901. The van der Waals surface area contributed by atoms with Crippen LogP contribution in [0, 0.1) is 0 Å². The molecular weight excluding hydrogens is 306 g/mol. The number of amides is 1. The SMILES string of the molecule is C[C@H](C(=O)NC1CCCCC1)[S@](=O)Cc1cccc(Cl)c1. The normalized spacial score (nSPS) is 19.0. The molecule has 1 aliphatic carbocycles. The van der Waals surface area contributed by atoms with Crippen LogP contribution >= 0.6 is 11.6 Å². The second-order valence-electron chi connectivity index (χ2n) is 5.64. The summed E-state index contributed by atoms with van der Waals surface area (Å²) in [5.74, 6) is 0.266. The smallest absolute Gasteiger partial charge is 0.235 e. The van der Waals surface area contributed by atoms with Gasteiger partial charge in [-0.15, -0.1) is 0 Å². The number of benzene rings is 1. The van der Waals surface area contributed by atoms with E-state index in [1.165, 1.54) is 19.3 Å². The van der Waals surface area contributed by atoms with Crippen molar-refractivity contribution < 1.29 is 9.00 Å². The Morgan fingerprint density at radius 2 is 2.10 bits per heavy atom. The average molecular weight is 328 g/mol. The lowest BCUT2D eigenvalue weighted by Crippen LogP contribution is -2.42. The molecule has 1 amide bonds. The van der Waals surface area contributed by atoms with Crippen LogP contribution in [0.4, 0.5) is 0 Å². The van der Waals surface area contributed by atoms with E-state index >= 15 is 0 Å². The summed E-state index contributed by atoms with van der Waals surface area (Å²) in [4.78, 5) is 12.2. The van der Waals surface area contributed by atoms with Crippen molar-refractivity contribution in [2.24, 2.45) is 0 Å². The van der Waals surface area contributed by atoms with Crippen LogP contribution in [-0.2, 0) is 21.3 Å². The molecule has 1 fully saturated rings. The molecule has 0 unspecified atom stereocenters. The van der Waals surface area contributed by atoms with Gasteiger partial charge in [0, 0.05) is 27.6 Å². The van der Waals surface area contributed by atoms with Gasteiger partial charge in [-0.1, -0.05) is 43.0 Å². The molecular formula is C16H22ClNO2S. The van der Waals surface area contributed by atoms with Crippen molar-refractivity contribution in [1.29, 1.82) is 0 Å². The first-order valence-electron chi connectivity index (χ1n) is 7.48. The molecule has 0 aromatic heterocycles. The number of rotatable bonds is 5. The minimum atomic E-state index is -1.23. The molecule has 0 heterocycles. The van der Waals surface area contributed by atoms with Gasteiger partial charge in [0.05, 0.1) is 0 Å². The Kier molecular flexibility index (Phi) is 6.24. The lowest BCUT2D eigenvalue weighted by atomic mass is 9.95. The summed E-state index contributed by atoms with van der Waals surface area (Å²) in [5, 5.41) is 3.17. The van der Waals surface area contributed by atoms with Crippen molar-refractivity contribution in [3.63, 3.8) is 0 Å². The molecule has 0 radical (unpaired) electrons. The zero-order valence-electron chi connectivity index (χ0n) is 12.3. The van der Waals surface area contributed by atoms with Gasteiger partial charge in [-0.25, -0.2) is 0 Å². The maximum absolute atomic E-state index is 12.3. The van der Waals surface area contributed by atoms with Crippen molar-refractivity contribution in [2.45, 2.75) is 56.1 Å². The predicted molar refractivity (Wildman–Crippen MR) is 87.8 cm³/mol. The Bertz CT molecular complexity index is 515. The van der Waals surface area contributed by atoms with Gasteiger partial charge in [0.15, 0.2) is 0 Å². The summed E-state index contributed by atoms with van der Waals surface area (Å²) in [6.45, 7) is 1.73. The number of carbonyl (C=O) groups excluding carboxylic acids is 1. The maximum atomic E-state index is 12.3. The van der Waals surface area contributed by atoms with E-state index in [0.29, 0.717) is 10.8 Å². The fourth-order valence-electron chi connectivity index (χ4n) is 2.60. The van der Waals surface area contributed by atoms with Crippen molar-refractivity contribution in [3.05, 3.63) is 34.9 Å². The Balaban J connectivity index is 1.87. The van der Waals surface area contributed by atoms with Crippen LogP contribution in [0.25, 0.3) is 0 Å². The molecule has 21 heavy (non-hydrogen) atoms. The average Bonchev–Trinajstić information content (AvgIpc) is 2.47. The molecule has 1 saturated carbocycles. The summed E-state index contributed by atoms with van der Waals surface area (Å²) in [6, 6.07) is 7.56. The topological polar surface area (TPSA) is 46.2 Å². The molecule has 116 valence electrons. The molecule has 0 aliphatic heterocycles. The van der Waals surface area contributed by atoms with Crippen LogP contribution in [0.1, 0.15) is 44.6 Å². The highest BCUT2D eigenvalue weighted by atomic mass is 35.5. The van der Waals surface area contributed by atoms with Crippen molar-refractivity contribution in [1.82, 2.24) is 5.32 Å². The lowest BCUT2D eigenvalue weighted by Gasteiger charge is -2.24. The number of hydrogen-bond acceptors (Lipinski definition) is 2. The van der Waals surface area contributed by atoms with Crippen molar-refractivity contribution in [2.75, 3.05) is 0 Å². The van der Waals surface area contributed by atoms with Crippen LogP contribution in [0.2, 0.25) is 5.02 Å². The van der Waals surface area contributed by atoms with Gasteiger partial charge in [0.25, 0.3) is 0 Å². The highest BCUT2D eigenvalue weighted by Gasteiger charge is 2.23. The maximum Gasteiger partial charge on any atom is 0.235 e. The monoisotopic (exact) mass is 327 g/mol. The molecule has 1 aliphatic rings. The molecule has 2 atom stereocenters. The van der Waals surface area contributed by atoms with Crippen LogP contribution in [-0.4, -0.2) is 21.4 Å². The highest BCUT2D eigenvalue weighted by Crippen LogP contribution is 2.18. The zero-order valence-corrected chi connectivity index (χ0v) is 13.9. The fourth-order valence-corrected chi connectivity index (χ4v) is 3.88. The quantitative estimate of drug-likeness (QED) is 0.900. The van der Waals surface area contributed by atoms with E-state index in [4.69, 9.17) is 11.6 Å². The predicted octanol–water partition coefficient (Wildman–Crippen LogP) is 3.43. The number of nitrogens with one attached hydrogen (secondary N) is 1. The molecule has 2 rings (SSSR count). The fraction of sp³-hybridized carbons (Fsp3) is 0.562. The molecule has 0 saturated heterocycles. The van der Waals surface area contributed by atoms with Gasteiger partial charge in [-0.05, 0) is 37.5 Å². The van der Waals surface area contributed by atoms with E-state index in [2.05, 4.69) is 5.32 Å². The van der Waals surface area contributed by atoms with E-state index < -0.39 is 16.0 Å². The zero-order chi connectivity index (χ0) is 15.2. The molecule has 0 spiro atoms. The summed E-state index contributed by atoms with van der Waals surface area (Å²) in [6.07, 6.45) is 5.68. The summed E-state index contributed by atoms with van der Waals surface area (Å²) < 4.78 is 12.3. The second kappa shape index (κ2) is 7.95. The second-order valence-corrected chi connectivity index (χ2v) is 7.83. The highest BCUT2D eigenvalue weighted by molar-refractivity contribution is 7.85. The Labute approximate surface area is 133 Å². The first kappa shape index (κ1) is 16.5. The minimum Gasteiger partial charge on any atom is -0.352 e. The molecule has 1 aromatic rings. The van der Waals surface area contributed by atoms with E-state index in [1.807, 2.05) is 12.1 Å². The van der Waals surface area contributed by atoms with Gasteiger partial charge in [-0.3, -0.25) is 9.00 Å². The summed E-state index contributed by atoms with van der Waals surface area (Å²) >= 11 is 5.92. The molecule has 3 nitrogen and oxygen atoms in total. The Morgan fingerprint density at radius 3 is 2.76 bits per heavy atom. The van der Waals surface area contributed by atoms with Gasteiger partial charge in [0.2, 0.25) is 5.91 Å². The first-order valence-corrected chi connectivity index (χ1v) is 9.24. The van der Waals surface area contributed by atoms with E-state index in [1.54, 1.807) is 19.1 Å². The van der Waals surface area contributed by atoms with E-state index in [9.17, 15) is 9.00 Å². The Hall–Kier alpha value is -0.870. The first-order chi connectivity index (χ1) is 10.1.